The van der Waals surface area contributed by atoms with Crippen molar-refractivity contribution in [2.75, 3.05) is 0 Å². The lowest BCUT2D eigenvalue weighted by Crippen LogP contribution is -1.99. The van der Waals surface area contributed by atoms with Gasteiger partial charge in [-0.1, -0.05) is 29.8 Å². The van der Waals surface area contributed by atoms with E-state index in [0.29, 0.717) is 6.04 Å². The van der Waals surface area contributed by atoms with Crippen LogP contribution in [0.15, 0.2) is 24.3 Å². The summed E-state index contributed by atoms with van der Waals surface area (Å²) in [5.74, 6) is 0. The van der Waals surface area contributed by atoms with Crippen molar-refractivity contribution in [3.05, 3.63) is 34.9 Å². The van der Waals surface area contributed by atoms with Crippen molar-refractivity contribution in [3.8, 4) is 0 Å². The summed E-state index contributed by atoms with van der Waals surface area (Å²) in [6.07, 6.45) is 0. The van der Waals surface area contributed by atoms with Crippen LogP contribution in [0.2, 0.25) is 5.02 Å². The summed E-state index contributed by atoms with van der Waals surface area (Å²) >= 11 is 17.3. The first-order valence-corrected chi connectivity index (χ1v) is 7.21. The van der Waals surface area contributed by atoms with E-state index in [1.54, 1.807) is 0 Å². The van der Waals surface area contributed by atoms with Crippen LogP contribution in [-0.2, 0) is 6.04 Å². The highest BCUT2D eigenvalue weighted by atomic mass is 35.7. The zero-order valence-electron chi connectivity index (χ0n) is 5.65. The highest BCUT2D eigenvalue weighted by molar-refractivity contribution is 7.33. The molecule has 0 aromatic heterocycles. The fourth-order valence-corrected chi connectivity index (χ4v) is 2.56. The van der Waals surface area contributed by atoms with Gasteiger partial charge in [0, 0.05) is 5.02 Å². The Hall–Kier alpha value is 0.307. The third-order valence-electron chi connectivity index (χ3n) is 1.28. The molecule has 0 aliphatic rings. The fourth-order valence-electron chi connectivity index (χ4n) is 0.786. The van der Waals surface area contributed by atoms with Gasteiger partial charge in [0.15, 0.2) is 0 Å². The van der Waals surface area contributed by atoms with Crippen molar-refractivity contribution < 1.29 is 0 Å². The normalized spacial score (nSPS) is 10.5. The van der Waals surface area contributed by atoms with Crippen molar-refractivity contribution in [1.82, 2.24) is 0 Å². The first-order chi connectivity index (χ1) is 5.20. The van der Waals surface area contributed by atoms with Gasteiger partial charge in [0.2, 0.25) is 0 Å². The number of rotatable bonds is 2. The van der Waals surface area contributed by atoms with Gasteiger partial charge < -0.3 is 0 Å². The zero-order chi connectivity index (χ0) is 8.27. The second-order valence-electron chi connectivity index (χ2n) is 2.11. The lowest BCUT2D eigenvalue weighted by Gasteiger charge is -2.01. The van der Waals surface area contributed by atoms with Crippen LogP contribution in [0.25, 0.3) is 0 Å². The summed E-state index contributed by atoms with van der Waals surface area (Å²) < 4.78 is 0. The minimum atomic E-state index is -1.25. The summed E-state index contributed by atoms with van der Waals surface area (Å²) in [4.78, 5) is 0. The molecule has 0 saturated carbocycles. The third kappa shape index (κ3) is 3.04. The third-order valence-corrected chi connectivity index (χ3v) is 3.10. The van der Waals surface area contributed by atoms with Gasteiger partial charge in [0.1, 0.15) is 0 Å². The summed E-state index contributed by atoms with van der Waals surface area (Å²) in [7, 11) is -1.25. The summed E-state index contributed by atoms with van der Waals surface area (Å²) in [6.45, 7) is 0. The van der Waals surface area contributed by atoms with Crippen molar-refractivity contribution in [3.63, 3.8) is 0 Å². The van der Waals surface area contributed by atoms with Crippen LogP contribution in [0.5, 0.6) is 0 Å². The molecule has 59 valence electrons. The highest BCUT2D eigenvalue weighted by Gasteiger charge is 2.07. The van der Waals surface area contributed by atoms with E-state index in [1.165, 1.54) is 0 Å². The molecule has 1 aromatic rings. The molecule has 1 radical (unpaired) electrons. The molecule has 0 heterocycles. The minimum Gasteiger partial charge on any atom is -0.146 e. The molecule has 0 atom stereocenters. The molecule has 0 aliphatic carbocycles. The minimum absolute atomic E-state index is 0.702. The average Bonchev–Trinajstić information content (AvgIpc) is 1.93. The van der Waals surface area contributed by atoms with E-state index in [9.17, 15) is 0 Å². The molecule has 0 saturated heterocycles. The number of hydrogen-bond donors (Lipinski definition) is 0. The van der Waals surface area contributed by atoms with Crippen molar-refractivity contribution in [2.24, 2.45) is 0 Å². The van der Waals surface area contributed by atoms with E-state index in [1.807, 2.05) is 24.3 Å². The Labute approximate surface area is 82.1 Å². The first kappa shape index (κ1) is 9.40. The zero-order valence-corrected chi connectivity index (χ0v) is 8.92. The van der Waals surface area contributed by atoms with Gasteiger partial charge in [0.25, 0.3) is 7.42 Å². The maximum Gasteiger partial charge on any atom is 0.278 e. The summed E-state index contributed by atoms with van der Waals surface area (Å²) in [5.41, 5.74) is 1.04. The molecule has 1 rings (SSSR count). The molecule has 0 nitrogen and oxygen atoms in total. The molecule has 0 unspecified atom stereocenters. The van der Waals surface area contributed by atoms with Crippen molar-refractivity contribution >= 4 is 41.2 Å². The van der Waals surface area contributed by atoms with Gasteiger partial charge in [-0.15, -0.1) is 22.2 Å². The highest BCUT2D eigenvalue weighted by Crippen LogP contribution is 2.17. The van der Waals surface area contributed by atoms with Gasteiger partial charge in [-0.3, -0.25) is 0 Å². The van der Waals surface area contributed by atoms with Crippen molar-refractivity contribution in [2.45, 2.75) is 6.04 Å². The van der Waals surface area contributed by atoms with Gasteiger partial charge in [0.05, 0.1) is 0 Å². The van der Waals surface area contributed by atoms with E-state index in [-0.39, 0.29) is 0 Å². The lowest BCUT2D eigenvalue weighted by atomic mass is 10.2. The summed E-state index contributed by atoms with van der Waals surface area (Å²) in [6, 6.07) is 8.31. The predicted octanol–water partition coefficient (Wildman–Crippen LogP) is 3.39. The number of benzene rings is 1. The number of halogens is 3. The summed E-state index contributed by atoms with van der Waals surface area (Å²) in [5, 5.41) is 0.747. The molecule has 0 amide bonds. The average molecular weight is 225 g/mol. The maximum atomic E-state index is 5.87. The Kier molecular flexibility index (Phi) is 3.73. The molecule has 0 spiro atoms. The van der Waals surface area contributed by atoms with Crippen LogP contribution < -0.4 is 0 Å². The van der Waals surface area contributed by atoms with E-state index in [4.69, 9.17) is 33.8 Å². The predicted molar refractivity (Wildman–Crippen MR) is 52.6 cm³/mol. The smallest absolute Gasteiger partial charge is 0.146 e. The second kappa shape index (κ2) is 4.36. The quantitative estimate of drug-likeness (QED) is 0.534. The molecule has 0 N–H and O–H groups in total. The van der Waals surface area contributed by atoms with E-state index < -0.39 is 7.42 Å². The molecule has 1 aromatic carbocycles. The van der Waals surface area contributed by atoms with E-state index in [0.717, 1.165) is 10.6 Å². The van der Waals surface area contributed by atoms with Gasteiger partial charge in [-0.25, -0.2) is 0 Å². The van der Waals surface area contributed by atoms with Gasteiger partial charge >= 0.3 is 0 Å². The van der Waals surface area contributed by atoms with Gasteiger partial charge in [-0.05, 0) is 17.7 Å². The van der Waals surface area contributed by atoms with Crippen LogP contribution in [0.3, 0.4) is 0 Å². The SMILES string of the molecule is Clc1ccccc1C[Si](Cl)Cl. The Morgan fingerprint density at radius 2 is 1.82 bits per heavy atom. The number of hydrogen-bond acceptors (Lipinski definition) is 0. The van der Waals surface area contributed by atoms with Crippen LogP contribution >= 0.6 is 33.8 Å². The van der Waals surface area contributed by atoms with Crippen LogP contribution in [0.4, 0.5) is 0 Å². The van der Waals surface area contributed by atoms with Crippen molar-refractivity contribution in [1.29, 1.82) is 0 Å². The van der Waals surface area contributed by atoms with Gasteiger partial charge in [-0.2, -0.15) is 0 Å². The van der Waals surface area contributed by atoms with Crippen LogP contribution in [0, 0.1) is 0 Å². The van der Waals surface area contributed by atoms with E-state index in [2.05, 4.69) is 0 Å². The van der Waals surface area contributed by atoms with Crippen LogP contribution in [0.1, 0.15) is 5.56 Å². The Bertz CT molecular complexity index is 237. The largest absolute Gasteiger partial charge is 0.278 e. The molecule has 4 heteroatoms. The monoisotopic (exact) mass is 223 g/mol. The Morgan fingerprint density at radius 3 is 2.36 bits per heavy atom. The maximum absolute atomic E-state index is 5.87. The second-order valence-corrected chi connectivity index (χ2v) is 6.86. The molecule has 0 aliphatic heterocycles. The fraction of sp³-hybridized carbons (Fsp3) is 0.143. The lowest BCUT2D eigenvalue weighted by molar-refractivity contribution is 1.39. The standard InChI is InChI=1S/C7H6Cl3Si/c8-7-4-2-1-3-6(7)5-11(9)10/h1-4H,5H2. The first-order valence-electron chi connectivity index (χ1n) is 3.10. The van der Waals surface area contributed by atoms with Crippen LogP contribution in [-0.4, -0.2) is 7.42 Å². The molecule has 0 bridgehead atoms. The van der Waals surface area contributed by atoms with E-state index >= 15 is 0 Å². The molecular formula is C7H6Cl3Si. The Morgan fingerprint density at radius 1 is 1.18 bits per heavy atom. The molecule has 11 heavy (non-hydrogen) atoms. The molecule has 0 fully saturated rings. The topological polar surface area (TPSA) is 0 Å². The molecular weight excluding hydrogens is 219 g/mol. The Balaban J connectivity index is 2.78.